The Hall–Kier alpha value is -3.80. The van der Waals surface area contributed by atoms with Crippen LogP contribution in [-0.4, -0.2) is 38.0 Å². The van der Waals surface area contributed by atoms with E-state index in [-0.39, 0.29) is 16.8 Å². The van der Waals surface area contributed by atoms with Gasteiger partial charge in [0.2, 0.25) is 5.88 Å². The Morgan fingerprint density at radius 1 is 1.15 bits per heavy atom. The molecule has 0 radical (unpaired) electrons. The monoisotopic (exact) mass is 474 g/mol. The third kappa shape index (κ3) is 4.55. The smallest absolute Gasteiger partial charge is 0.434 e. The van der Waals surface area contributed by atoms with Crippen LogP contribution in [0.3, 0.4) is 0 Å². The van der Waals surface area contributed by atoms with Gasteiger partial charge in [0, 0.05) is 17.0 Å². The van der Waals surface area contributed by atoms with Crippen LogP contribution in [-0.2, 0) is 6.18 Å². The van der Waals surface area contributed by atoms with E-state index >= 15 is 0 Å². The van der Waals surface area contributed by atoms with Crippen LogP contribution in [0.5, 0.6) is 5.88 Å². The number of hydrogen-bond acceptors (Lipinski definition) is 7. The van der Waals surface area contributed by atoms with Gasteiger partial charge in [-0.1, -0.05) is 23.8 Å². The van der Waals surface area contributed by atoms with Gasteiger partial charge >= 0.3 is 6.18 Å². The normalized spacial score (nSPS) is 11.5. The number of nitrogens with zero attached hydrogens (tertiary/aromatic N) is 5. The highest BCUT2D eigenvalue weighted by atomic mass is 32.1. The molecule has 8 nitrogen and oxygen atoms in total. The number of halogens is 3. The number of hydrogen-bond donors (Lipinski definition) is 1. The molecule has 1 amide bonds. The Morgan fingerprint density at radius 2 is 1.94 bits per heavy atom. The molecule has 0 spiro atoms. The van der Waals surface area contributed by atoms with Gasteiger partial charge in [0.25, 0.3) is 5.91 Å². The molecule has 0 aliphatic heterocycles. The Labute approximate surface area is 190 Å². The average Bonchev–Trinajstić information content (AvgIpc) is 3.41. The van der Waals surface area contributed by atoms with E-state index in [2.05, 4.69) is 25.6 Å². The lowest BCUT2D eigenvalue weighted by Gasteiger charge is -2.11. The molecule has 0 aliphatic carbocycles. The number of anilines is 1. The molecule has 0 bridgehead atoms. The van der Waals surface area contributed by atoms with Gasteiger partial charge in [-0.15, -0.1) is 21.5 Å². The molecule has 0 fully saturated rings. The number of benzene rings is 1. The van der Waals surface area contributed by atoms with Crippen molar-refractivity contribution in [3.8, 4) is 23.0 Å². The van der Waals surface area contributed by atoms with E-state index < -0.39 is 23.3 Å². The highest BCUT2D eigenvalue weighted by Gasteiger charge is 2.41. The molecule has 0 aliphatic rings. The quantitative estimate of drug-likeness (QED) is 0.451. The zero-order valence-corrected chi connectivity index (χ0v) is 18.5. The topological polar surface area (TPSA) is 94.8 Å². The Morgan fingerprint density at radius 3 is 2.58 bits per heavy atom. The Kier molecular flexibility index (Phi) is 5.85. The van der Waals surface area contributed by atoms with Crippen LogP contribution in [0.4, 0.5) is 18.3 Å². The van der Waals surface area contributed by atoms with Crippen LogP contribution < -0.4 is 10.1 Å². The number of thiazole rings is 1. The van der Waals surface area contributed by atoms with E-state index in [9.17, 15) is 18.0 Å². The number of alkyl halides is 3. The standard InChI is InChI=1S/C21H17F3N6O2S/c1-11-4-5-13(12(2)8-11)15-10-33-20(26-15)27-19(31)14-9-25-30(18(14)21(22,23)24)16-6-7-17(32-3)29-28-16/h4-10H,1-3H3,(H,26,27,31). The van der Waals surface area contributed by atoms with Crippen molar-refractivity contribution in [2.75, 3.05) is 12.4 Å². The highest BCUT2D eigenvalue weighted by molar-refractivity contribution is 7.14. The molecular formula is C21H17F3N6O2S. The predicted octanol–water partition coefficient (Wildman–Crippen LogP) is 4.68. The van der Waals surface area contributed by atoms with Gasteiger partial charge in [0.15, 0.2) is 16.6 Å². The first-order valence-corrected chi connectivity index (χ1v) is 10.4. The SMILES string of the molecule is COc1ccc(-n2ncc(C(=O)Nc3nc(-c4ccc(C)cc4C)cs3)c2C(F)(F)F)nn1. The fourth-order valence-electron chi connectivity index (χ4n) is 3.22. The largest absolute Gasteiger partial charge is 0.480 e. The number of ether oxygens (including phenoxy) is 1. The molecule has 0 saturated carbocycles. The lowest BCUT2D eigenvalue weighted by Crippen LogP contribution is -2.21. The fraction of sp³-hybridized carbons (Fsp3) is 0.190. The van der Waals surface area contributed by atoms with Crippen molar-refractivity contribution in [3.63, 3.8) is 0 Å². The van der Waals surface area contributed by atoms with Gasteiger partial charge in [-0.3, -0.25) is 10.1 Å². The molecule has 3 aromatic heterocycles. The molecule has 4 rings (SSSR count). The molecule has 4 aromatic rings. The number of aromatic nitrogens is 5. The summed E-state index contributed by atoms with van der Waals surface area (Å²) in [5.74, 6) is -1.08. The number of rotatable bonds is 5. The Bertz CT molecular complexity index is 1310. The summed E-state index contributed by atoms with van der Waals surface area (Å²) in [6, 6.07) is 8.44. The van der Waals surface area contributed by atoms with Crippen molar-refractivity contribution in [2.24, 2.45) is 0 Å². The molecular weight excluding hydrogens is 457 g/mol. The van der Waals surface area contributed by atoms with Gasteiger partial charge in [-0.2, -0.15) is 18.3 Å². The van der Waals surface area contributed by atoms with Crippen molar-refractivity contribution < 1.29 is 22.7 Å². The molecule has 12 heteroatoms. The number of methoxy groups -OCH3 is 1. The van der Waals surface area contributed by atoms with Gasteiger partial charge in [0.05, 0.1) is 24.6 Å². The number of nitrogens with one attached hydrogen (secondary N) is 1. The van der Waals surface area contributed by atoms with Gasteiger partial charge in [0.1, 0.15) is 0 Å². The van der Waals surface area contributed by atoms with E-state index in [1.54, 1.807) is 5.38 Å². The molecule has 1 N–H and O–H groups in total. The molecule has 170 valence electrons. The lowest BCUT2D eigenvalue weighted by molar-refractivity contribution is -0.143. The number of amides is 1. The fourth-order valence-corrected chi connectivity index (χ4v) is 3.92. The summed E-state index contributed by atoms with van der Waals surface area (Å²) in [6.07, 6.45) is -4.04. The van der Waals surface area contributed by atoms with Crippen LogP contribution in [0, 0.1) is 13.8 Å². The van der Waals surface area contributed by atoms with E-state index in [0.29, 0.717) is 10.4 Å². The zero-order chi connectivity index (χ0) is 23.8. The second kappa shape index (κ2) is 8.62. The van der Waals surface area contributed by atoms with Crippen LogP contribution in [0.1, 0.15) is 27.2 Å². The highest BCUT2D eigenvalue weighted by Crippen LogP contribution is 2.34. The summed E-state index contributed by atoms with van der Waals surface area (Å²) in [6.45, 7) is 3.91. The minimum Gasteiger partial charge on any atom is -0.480 e. The van der Waals surface area contributed by atoms with E-state index in [4.69, 9.17) is 4.74 Å². The molecule has 0 saturated heterocycles. The van der Waals surface area contributed by atoms with Crippen LogP contribution in [0.2, 0.25) is 0 Å². The maximum absolute atomic E-state index is 13.8. The summed E-state index contributed by atoms with van der Waals surface area (Å²) in [5.41, 5.74) is 1.65. The maximum atomic E-state index is 13.8. The second-order valence-corrected chi connectivity index (χ2v) is 7.92. The molecule has 3 heterocycles. The minimum atomic E-state index is -4.88. The van der Waals surface area contributed by atoms with Crippen molar-refractivity contribution in [1.82, 2.24) is 25.0 Å². The van der Waals surface area contributed by atoms with Crippen LogP contribution in [0.15, 0.2) is 41.9 Å². The number of aryl methyl sites for hydroxylation is 2. The first-order chi connectivity index (χ1) is 15.7. The maximum Gasteiger partial charge on any atom is 0.434 e. The summed E-state index contributed by atoms with van der Waals surface area (Å²) in [5, 5.41) is 15.4. The molecule has 33 heavy (non-hydrogen) atoms. The zero-order valence-electron chi connectivity index (χ0n) is 17.6. The summed E-state index contributed by atoms with van der Waals surface area (Å²) in [4.78, 5) is 17.1. The van der Waals surface area contributed by atoms with Crippen molar-refractivity contribution in [3.05, 3.63) is 64.3 Å². The third-order valence-electron chi connectivity index (χ3n) is 4.72. The Balaban J connectivity index is 1.64. The van der Waals surface area contributed by atoms with Crippen molar-refractivity contribution in [2.45, 2.75) is 20.0 Å². The average molecular weight is 474 g/mol. The van der Waals surface area contributed by atoms with Crippen LogP contribution in [0.25, 0.3) is 17.1 Å². The van der Waals surface area contributed by atoms with Crippen molar-refractivity contribution >= 4 is 22.4 Å². The molecule has 0 atom stereocenters. The van der Waals surface area contributed by atoms with Crippen molar-refractivity contribution in [1.29, 1.82) is 0 Å². The second-order valence-electron chi connectivity index (χ2n) is 7.06. The van der Waals surface area contributed by atoms with E-state index in [1.165, 1.54) is 19.2 Å². The first-order valence-electron chi connectivity index (χ1n) is 9.55. The molecule has 1 aromatic carbocycles. The van der Waals surface area contributed by atoms with Gasteiger partial charge < -0.3 is 4.74 Å². The summed E-state index contributed by atoms with van der Waals surface area (Å²) < 4.78 is 46.9. The lowest BCUT2D eigenvalue weighted by atomic mass is 10.0. The predicted molar refractivity (Wildman–Crippen MR) is 116 cm³/mol. The van der Waals surface area contributed by atoms with Crippen LogP contribution >= 0.6 is 11.3 Å². The minimum absolute atomic E-state index is 0.126. The van der Waals surface area contributed by atoms with E-state index in [0.717, 1.165) is 34.2 Å². The summed E-state index contributed by atoms with van der Waals surface area (Å²) >= 11 is 1.11. The van der Waals surface area contributed by atoms with Gasteiger partial charge in [-0.05, 0) is 25.5 Å². The van der Waals surface area contributed by atoms with E-state index in [1.807, 2.05) is 32.0 Å². The summed E-state index contributed by atoms with van der Waals surface area (Å²) in [7, 11) is 1.35. The number of carbonyl (C=O) groups is 1. The molecule has 0 unspecified atom stereocenters. The first kappa shape index (κ1) is 22.4. The third-order valence-corrected chi connectivity index (χ3v) is 5.47. The number of carbonyl (C=O) groups excluding carboxylic acids is 1. The van der Waals surface area contributed by atoms with Gasteiger partial charge in [-0.25, -0.2) is 9.67 Å².